The van der Waals surface area contributed by atoms with Crippen LogP contribution in [0.3, 0.4) is 0 Å². The summed E-state index contributed by atoms with van der Waals surface area (Å²) in [6.07, 6.45) is 0. The summed E-state index contributed by atoms with van der Waals surface area (Å²) in [7, 11) is 1.44. The number of nitrogens with zero attached hydrogens (tertiary/aromatic N) is 2. The minimum absolute atomic E-state index is 0.0344. The lowest BCUT2D eigenvalue weighted by atomic mass is 10.0. The third kappa shape index (κ3) is 3.64. The molecule has 7 heteroatoms. The Kier molecular flexibility index (Phi) is 5.54. The molecule has 3 aromatic rings. The van der Waals surface area contributed by atoms with Gasteiger partial charge < -0.3 is 10.1 Å². The van der Waals surface area contributed by atoms with Gasteiger partial charge in [-0.05, 0) is 26.0 Å². The fraction of sp³-hybridized carbons (Fsp3) is 0.190. The van der Waals surface area contributed by atoms with Crippen molar-refractivity contribution >= 4 is 17.2 Å². The number of hydrogen-bond donors (Lipinski definition) is 1. The summed E-state index contributed by atoms with van der Waals surface area (Å²) in [6, 6.07) is 13.0. The highest BCUT2D eigenvalue weighted by Gasteiger charge is 2.22. The molecule has 0 fully saturated rings. The van der Waals surface area contributed by atoms with E-state index in [-0.39, 0.29) is 22.7 Å². The van der Waals surface area contributed by atoms with Crippen LogP contribution in [0.4, 0.5) is 15.8 Å². The summed E-state index contributed by atoms with van der Waals surface area (Å²) in [5.74, 6) is -0.484. The van der Waals surface area contributed by atoms with Gasteiger partial charge in [-0.25, -0.2) is 9.07 Å². The molecule has 0 saturated heterocycles. The van der Waals surface area contributed by atoms with Gasteiger partial charge >= 0.3 is 0 Å². The number of rotatable bonds is 6. The van der Waals surface area contributed by atoms with Crippen molar-refractivity contribution < 1.29 is 13.9 Å². The number of halogens is 1. The molecule has 1 heterocycles. The number of ether oxygens (including phenoxy) is 1. The van der Waals surface area contributed by atoms with Crippen LogP contribution in [0.1, 0.15) is 24.2 Å². The van der Waals surface area contributed by atoms with Crippen molar-refractivity contribution in [3.8, 4) is 17.0 Å². The Morgan fingerprint density at radius 2 is 1.93 bits per heavy atom. The Hall–Kier alpha value is -3.48. The van der Waals surface area contributed by atoms with Gasteiger partial charge in [0, 0.05) is 18.2 Å². The lowest BCUT2D eigenvalue weighted by Crippen LogP contribution is -2.28. The highest BCUT2D eigenvalue weighted by Crippen LogP contribution is 2.31. The molecule has 1 N–H and O–H groups in total. The van der Waals surface area contributed by atoms with Crippen molar-refractivity contribution in [3.63, 3.8) is 0 Å². The average molecular weight is 381 g/mol. The van der Waals surface area contributed by atoms with E-state index in [1.807, 2.05) is 30.3 Å². The third-order valence-electron chi connectivity index (χ3n) is 4.28. The van der Waals surface area contributed by atoms with Crippen LogP contribution in [0.25, 0.3) is 11.3 Å². The van der Waals surface area contributed by atoms with Gasteiger partial charge in [-0.1, -0.05) is 30.3 Å². The molecular formula is C21H20FN3O3. The Balaban J connectivity index is 2.30. The predicted molar refractivity (Wildman–Crippen MR) is 106 cm³/mol. The van der Waals surface area contributed by atoms with E-state index < -0.39 is 11.4 Å². The van der Waals surface area contributed by atoms with Crippen molar-refractivity contribution in [3.05, 3.63) is 70.3 Å². The number of anilines is 2. The smallest absolute Gasteiger partial charge is 0.291 e. The lowest BCUT2D eigenvalue weighted by Gasteiger charge is -2.17. The number of carbonyl (C=O) groups is 1. The maximum absolute atomic E-state index is 13.8. The van der Waals surface area contributed by atoms with Crippen LogP contribution >= 0.6 is 0 Å². The Morgan fingerprint density at radius 3 is 2.54 bits per heavy atom. The molecule has 0 atom stereocenters. The van der Waals surface area contributed by atoms with E-state index in [1.165, 1.54) is 36.9 Å². The molecular weight excluding hydrogens is 361 g/mol. The summed E-state index contributed by atoms with van der Waals surface area (Å²) >= 11 is 0. The van der Waals surface area contributed by atoms with E-state index in [9.17, 15) is 14.0 Å². The highest BCUT2D eigenvalue weighted by molar-refractivity contribution is 6.05. The van der Waals surface area contributed by atoms with Gasteiger partial charge in [0.15, 0.2) is 5.78 Å². The van der Waals surface area contributed by atoms with E-state index in [0.717, 1.165) is 0 Å². The van der Waals surface area contributed by atoms with E-state index in [2.05, 4.69) is 10.4 Å². The van der Waals surface area contributed by atoms with E-state index >= 15 is 0 Å². The zero-order valence-electron chi connectivity index (χ0n) is 15.8. The normalized spacial score (nSPS) is 10.6. The fourth-order valence-corrected chi connectivity index (χ4v) is 2.95. The second kappa shape index (κ2) is 8.04. The first-order chi connectivity index (χ1) is 13.5. The number of nitrogens with one attached hydrogen (secondary N) is 1. The van der Waals surface area contributed by atoms with Gasteiger partial charge in [-0.15, -0.1) is 0 Å². The summed E-state index contributed by atoms with van der Waals surface area (Å²) < 4.78 is 20.3. The minimum atomic E-state index is -0.499. The van der Waals surface area contributed by atoms with Gasteiger partial charge in [0.05, 0.1) is 18.4 Å². The molecule has 6 nitrogen and oxygen atoms in total. The first kappa shape index (κ1) is 19.3. The molecule has 0 amide bonds. The first-order valence-electron chi connectivity index (χ1n) is 8.78. The SMILES string of the molecule is CCn1nc(-c2ccccc2)c(C(C)=O)c(Nc2cc(F)ccc2OC)c1=O. The maximum Gasteiger partial charge on any atom is 0.291 e. The van der Waals surface area contributed by atoms with Gasteiger partial charge in [0.1, 0.15) is 22.9 Å². The van der Waals surface area contributed by atoms with Crippen LogP contribution in [-0.4, -0.2) is 22.7 Å². The summed E-state index contributed by atoms with van der Waals surface area (Å²) in [5, 5.41) is 7.29. The molecule has 0 bridgehead atoms. The molecule has 0 saturated carbocycles. The van der Waals surface area contributed by atoms with Crippen LogP contribution in [0.5, 0.6) is 5.75 Å². The van der Waals surface area contributed by atoms with Crippen LogP contribution in [0, 0.1) is 5.82 Å². The lowest BCUT2D eigenvalue weighted by molar-refractivity contribution is 0.101. The molecule has 0 aliphatic carbocycles. The molecule has 0 aliphatic heterocycles. The molecule has 28 heavy (non-hydrogen) atoms. The standard InChI is InChI=1S/C21H20FN3O3/c1-4-25-21(27)20(23-16-12-15(22)10-11-17(16)28-3)18(13(2)26)19(24-25)14-8-6-5-7-9-14/h5-12,23H,4H2,1-3H3. The molecule has 144 valence electrons. The number of aromatic nitrogens is 2. The molecule has 0 spiro atoms. The molecule has 0 unspecified atom stereocenters. The number of carbonyl (C=O) groups excluding carboxylic acids is 1. The van der Waals surface area contributed by atoms with Crippen molar-refractivity contribution in [2.24, 2.45) is 0 Å². The van der Waals surface area contributed by atoms with Crippen molar-refractivity contribution in [2.45, 2.75) is 20.4 Å². The second-order valence-electron chi connectivity index (χ2n) is 6.11. The van der Waals surface area contributed by atoms with Gasteiger partial charge in [0.2, 0.25) is 0 Å². The van der Waals surface area contributed by atoms with Gasteiger partial charge in [-0.3, -0.25) is 9.59 Å². The topological polar surface area (TPSA) is 73.2 Å². The predicted octanol–water partition coefficient (Wildman–Crippen LogP) is 4.02. The number of benzene rings is 2. The molecule has 0 aliphatic rings. The van der Waals surface area contributed by atoms with Gasteiger partial charge in [-0.2, -0.15) is 5.10 Å². The number of hydrogen-bond acceptors (Lipinski definition) is 5. The molecule has 0 radical (unpaired) electrons. The Bertz CT molecular complexity index is 1080. The number of methoxy groups -OCH3 is 1. The Morgan fingerprint density at radius 1 is 1.21 bits per heavy atom. The second-order valence-corrected chi connectivity index (χ2v) is 6.11. The molecule has 1 aromatic heterocycles. The average Bonchev–Trinajstić information content (AvgIpc) is 2.69. The van der Waals surface area contributed by atoms with E-state index in [4.69, 9.17) is 4.74 Å². The quantitative estimate of drug-likeness (QED) is 0.653. The van der Waals surface area contributed by atoms with Crippen LogP contribution < -0.4 is 15.6 Å². The third-order valence-corrected chi connectivity index (χ3v) is 4.28. The maximum atomic E-state index is 13.8. The number of ketones is 1. The van der Waals surface area contributed by atoms with Crippen molar-refractivity contribution in [1.29, 1.82) is 0 Å². The van der Waals surface area contributed by atoms with Crippen LogP contribution in [0.15, 0.2) is 53.3 Å². The fourth-order valence-electron chi connectivity index (χ4n) is 2.95. The highest BCUT2D eigenvalue weighted by atomic mass is 19.1. The monoisotopic (exact) mass is 381 g/mol. The summed E-state index contributed by atoms with van der Waals surface area (Å²) in [6.45, 7) is 3.46. The molecule has 2 aromatic carbocycles. The molecule has 3 rings (SSSR count). The number of aryl methyl sites for hydroxylation is 1. The van der Waals surface area contributed by atoms with E-state index in [0.29, 0.717) is 23.6 Å². The Labute approximate surface area is 161 Å². The van der Waals surface area contributed by atoms with Crippen LogP contribution in [-0.2, 0) is 6.54 Å². The van der Waals surface area contributed by atoms with E-state index in [1.54, 1.807) is 6.92 Å². The first-order valence-corrected chi connectivity index (χ1v) is 8.78. The van der Waals surface area contributed by atoms with Crippen molar-refractivity contribution in [1.82, 2.24) is 9.78 Å². The number of Topliss-reactive ketones (excluding diaryl/α,β-unsaturated/α-hetero) is 1. The van der Waals surface area contributed by atoms with Crippen molar-refractivity contribution in [2.75, 3.05) is 12.4 Å². The zero-order valence-corrected chi connectivity index (χ0v) is 15.8. The summed E-state index contributed by atoms with van der Waals surface area (Å²) in [5.41, 5.74) is 1.03. The summed E-state index contributed by atoms with van der Waals surface area (Å²) in [4.78, 5) is 25.4. The minimum Gasteiger partial charge on any atom is -0.495 e. The van der Waals surface area contributed by atoms with Gasteiger partial charge in [0.25, 0.3) is 5.56 Å². The van der Waals surface area contributed by atoms with Crippen LogP contribution in [0.2, 0.25) is 0 Å². The zero-order chi connectivity index (χ0) is 20.3. The largest absolute Gasteiger partial charge is 0.495 e.